The van der Waals surface area contributed by atoms with Crippen molar-refractivity contribution in [2.45, 2.75) is 0 Å². The molecule has 0 bridgehead atoms. The number of likely N-dealkylation sites (N-methyl/N-ethyl adjacent to an activating group) is 1. The van der Waals surface area contributed by atoms with Gasteiger partial charge in [-0.05, 0) is 26.2 Å². The number of carbonyl (C=O) groups is 1. The van der Waals surface area contributed by atoms with Crippen LogP contribution in [0.4, 0.5) is 0 Å². The molecule has 0 N–H and O–H groups in total. The lowest BCUT2D eigenvalue weighted by Crippen LogP contribution is -2.20. The number of ketones is 1. The predicted octanol–water partition coefficient (Wildman–Crippen LogP) is 2.86. The van der Waals surface area contributed by atoms with Crippen molar-refractivity contribution in [3.8, 4) is 5.75 Å². The van der Waals surface area contributed by atoms with Crippen LogP contribution in [0.5, 0.6) is 5.75 Å². The van der Waals surface area contributed by atoms with Crippen LogP contribution >= 0.6 is 0 Å². The summed E-state index contributed by atoms with van der Waals surface area (Å²) in [5.41, 5.74) is 1.29. The second-order valence-corrected chi connectivity index (χ2v) is 4.84. The number of para-hydroxylation sites is 1. The molecule has 0 amide bonds. The van der Waals surface area contributed by atoms with E-state index in [0.717, 1.165) is 6.54 Å². The Morgan fingerprint density at radius 2 is 1.65 bits per heavy atom. The fourth-order valence-electron chi connectivity index (χ4n) is 1.86. The van der Waals surface area contributed by atoms with E-state index in [-0.39, 0.29) is 5.78 Å². The van der Waals surface area contributed by atoms with Crippen molar-refractivity contribution in [3.05, 3.63) is 65.7 Å². The molecule has 0 atom stereocenters. The number of benzene rings is 2. The van der Waals surface area contributed by atoms with Crippen LogP contribution in [-0.2, 0) is 0 Å². The fourth-order valence-corrected chi connectivity index (χ4v) is 1.86. The number of carbonyl (C=O) groups excluding carboxylic acids is 1. The minimum absolute atomic E-state index is 0.00828. The zero-order chi connectivity index (χ0) is 14.4. The quantitative estimate of drug-likeness (QED) is 0.755. The van der Waals surface area contributed by atoms with Gasteiger partial charge in [0.25, 0.3) is 0 Å². The van der Waals surface area contributed by atoms with Crippen LogP contribution in [0.3, 0.4) is 0 Å². The second kappa shape index (κ2) is 6.87. The topological polar surface area (TPSA) is 29.5 Å². The Bertz CT molecular complexity index is 564. The van der Waals surface area contributed by atoms with Gasteiger partial charge in [0.1, 0.15) is 12.4 Å². The molecule has 2 aromatic carbocycles. The third-order valence-corrected chi connectivity index (χ3v) is 2.96. The predicted molar refractivity (Wildman–Crippen MR) is 80.4 cm³/mol. The molecule has 0 aromatic heterocycles. The summed E-state index contributed by atoms with van der Waals surface area (Å²) in [4.78, 5) is 14.5. The molecule has 104 valence electrons. The molecule has 3 heteroatoms. The van der Waals surface area contributed by atoms with Crippen molar-refractivity contribution in [2.75, 3.05) is 27.2 Å². The summed E-state index contributed by atoms with van der Waals surface area (Å²) >= 11 is 0. The lowest BCUT2D eigenvalue weighted by molar-refractivity contribution is 0.103. The van der Waals surface area contributed by atoms with E-state index < -0.39 is 0 Å². The first-order valence-electron chi connectivity index (χ1n) is 6.65. The largest absolute Gasteiger partial charge is 0.491 e. The SMILES string of the molecule is CN(C)CCOc1ccccc1C(=O)c1ccccc1. The van der Waals surface area contributed by atoms with E-state index in [1.54, 1.807) is 6.07 Å². The first kappa shape index (κ1) is 14.3. The number of rotatable bonds is 6. The van der Waals surface area contributed by atoms with Gasteiger partial charge in [-0.25, -0.2) is 0 Å². The summed E-state index contributed by atoms with van der Waals surface area (Å²) in [7, 11) is 3.98. The average Bonchev–Trinajstić information content (AvgIpc) is 2.47. The monoisotopic (exact) mass is 269 g/mol. The van der Waals surface area contributed by atoms with E-state index in [0.29, 0.717) is 23.5 Å². The van der Waals surface area contributed by atoms with Gasteiger partial charge in [0.15, 0.2) is 5.78 Å². The van der Waals surface area contributed by atoms with Gasteiger partial charge in [0.2, 0.25) is 0 Å². The van der Waals surface area contributed by atoms with Gasteiger partial charge in [-0.15, -0.1) is 0 Å². The molecule has 0 fully saturated rings. The van der Waals surface area contributed by atoms with Crippen molar-refractivity contribution in [1.29, 1.82) is 0 Å². The van der Waals surface area contributed by atoms with Crippen LogP contribution in [0.2, 0.25) is 0 Å². The van der Waals surface area contributed by atoms with Crippen LogP contribution in [0.25, 0.3) is 0 Å². The van der Waals surface area contributed by atoms with Crippen LogP contribution in [-0.4, -0.2) is 37.9 Å². The zero-order valence-corrected chi connectivity index (χ0v) is 11.9. The summed E-state index contributed by atoms with van der Waals surface area (Å²) in [6.45, 7) is 1.37. The Balaban J connectivity index is 2.17. The first-order valence-corrected chi connectivity index (χ1v) is 6.65. The van der Waals surface area contributed by atoms with Gasteiger partial charge < -0.3 is 9.64 Å². The van der Waals surface area contributed by atoms with Crippen molar-refractivity contribution in [1.82, 2.24) is 4.90 Å². The van der Waals surface area contributed by atoms with E-state index in [2.05, 4.69) is 0 Å². The molecule has 2 aromatic rings. The molecule has 2 rings (SSSR count). The fraction of sp³-hybridized carbons (Fsp3) is 0.235. The molecule has 20 heavy (non-hydrogen) atoms. The second-order valence-electron chi connectivity index (χ2n) is 4.84. The molecular weight excluding hydrogens is 250 g/mol. The highest BCUT2D eigenvalue weighted by molar-refractivity contribution is 6.10. The average molecular weight is 269 g/mol. The summed E-state index contributed by atoms with van der Waals surface area (Å²) in [6, 6.07) is 16.6. The maximum absolute atomic E-state index is 12.5. The molecular formula is C17H19NO2. The lowest BCUT2D eigenvalue weighted by Gasteiger charge is -2.13. The highest BCUT2D eigenvalue weighted by Crippen LogP contribution is 2.21. The van der Waals surface area contributed by atoms with Crippen LogP contribution < -0.4 is 4.74 Å². The third-order valence-electron chi connectivity index (χ3n) is 2.96. The lowest BCUT2D eigenvalue weighted by atomic mass is 10.0. The maximum Gasteiger partial charge on any atom is 0.196 e. The molecule has 0 saturated carbocycles. The van der Waals surface area contributed by atoms with Gasteiger partial charge in [-0.2, -0.15) is 0 Å². The number of hydrogen-bond acceptors (Lipinski definition) is 3. The Morgan fingerprint density at radius 1 is 1.00 bits per heavy atom. The van der Waals surface area contributed by atoms with Crippen molar-refractivity contribution in [3.63, 3.8) is 0 Å². The summed E-state index contributed by atoms with van der Waals surface area (Å²) in [6.07, 6.45) is 0. The van der Waals surface area contributed by atoms with Gasteiger partial charge in [-0.1, -0.05) is 42.5 Å². The molecule has 0 aliphatic heterocycles. The van der Waals surface area contributed by atoms with E-state index in [4.69, 9.17) is 4.74 Å². The van der Waals surface area contributed by atoms with Crippen LogP contribution in [0.1, 0.15) is 15.9 Å². The van der Waals surface area contributed by atoms with Crippen LogP contribution in [0.15, 0.2) is 54.6 Å². The highest BCUT2D eigenvalue weighted by atomic mass is 16.5. The Morgan fingerprint density at radius 3 is 2.35 bits per heavy atom. The van der Waals surface area contributed by atoms with Crippen LogP contribution in [0, 0.1) is 0 Å². The van der Waals surface area contributed by atoms with Gasteiger partial charge in [0.05, 0.1) is 5.56 Å². The van der Waals surface area contributed by atoms with E-state index in [1.165, 1.54) is 0 Å². The Kier molecular flexibility index (Phi) is 4.91. The molecule has 0 unspecified atom stereocenters. The standard InChI is InChI=1S/C17H19NO2/c1-18(2)12-13-20-16-11-7-6-10-15(16)17(19)14-8-4-3-5-9-14/h3-11H,12-13H2,1-2H3. The molecule has 0 spiro atoms. The minimum atomic E-state index is -0.00828. The van der Waals surface area contributed by atoms with Gasteiger partial charge in [0, 0.05) is 12.1 Å². The summed E-state index contributed by atoms with van der Waals surface area (Å²) in [5, 5.41) is 0. The first-order chi connectivity index (χ1) is 9.68. The van der Waals surface area contributed by atoms with E-state index >= 15 is 0 Å². The molecule has 0 aliphatic carbocycles. The van der Waals surface area contributed by atoms with Crippen molar-refractivity contribution < 1.29 is 9.53 Å². The highest BCUT2D eigenvalue weighted by Gasteiger charge is 2.13. The summed E-state index contributed by atoms with van der Waals surface area (Å²) < 4.78 is 5.73. The third kappa shape index (κ3) is 3.68. The minimum Gasteiger partial charge on any atom is -0.491 e. The normalized spacial score (nSPS) is 10.6. The van der Waals surface area contributed by atoms with E-state index in [1.807, 2.05) is 67.5 Å². The molecule has 0 radical (unpaired) electrons. The van der Waals surface area contributed by atoms with Crippen molar-refractivity contribution >= 4 is 5.78 Å². The summed E-state index contributed by atoms with van der Waals surface area (Å²) in [5.74, 6) is 0.634. The van der Waals surface area contributed by atoms with Crippen molar-refractivity contribution in [2.24, 2.45) is 0 Å². The molecule has 3 nitrogen and oxygen atoms in total. The molecule has 0 aliphatic rings. The number of nitrogens with zero attached hydrogens (tertiary/aromatic N) is 1. The number of ether oxygens (including phenoxy) is 1. The smallest absolute Gasteiger partial charge is 0.196 e. The Labute approximate surface area is 119 Å². The van der Waals surface area contributed by atoms with Gasteiger partial charge in [-0.3, -0.25) is 4.79 Å². The van der Waals surface area contributed by atoms with E-state index in [9.17, 15) is 4.79 Å². The maximum atomic E-state index is 12.5. The Hall–Kier alpha value is -2.13. The molecule has 0 saturated heterocycles. The number of hydrogen-bond donors (Lipinski definition) is 0. The molecule has 0 heterocycles. The zero-order valence-electron chi connectivity index (χ0n) is 11.9. The van der Waals surface area contributed by atoms with Gasteiger partial charge >= 0.3 is 0 Å².